The average molecular weight is 742 g/mol. The van der Waals surface area contributed by atoms with Crippen LogP contribution in [0.15, 0.2) is 36.7 Å². The Bertz CT molecular complexity index is 1500. The number of aliphatic hydroxyl groups is 1. The van der Waals surface area contributed by atoms with Gasteiger partial charge < -0.3 is 45.4 Å². The molecule has 53 heavy (non-hydrogen) atoms. The largest absolute Gasteiger partial charge is 0.465 e. The Hall–Kier alpha value is -4.42. The number of nitrogens with zero attached hydrogens (tertiary/aromatic N) is 6. The minimum Gasteiger partial charge on any atom is -0.465 e. The molecule has 1 aromatic heterocycles. The minimum absolute atomic E-state index is 0.0409. The van der Waals surface area contributed by atoms with Gasteiger partial charge in [-0.2, -0.15) is 0 Å². The lowest BCUT2D eigenvalue weighted by molar-refractivity contribution is -0.138. The van der Waals surface area contributed by atoms with Crippen molar-refractivity contribution in [2.75, 3.05) is 104 Å². The number of amides is 4. The second kappa shape index (κ2) is 20.7. The first-order valence-corrected chi connectivity index (χ1v) is 18.1. The molecule has 5 N–H and O–H groups in total. The number of nitrogens with one attached hydrogen (secondary N) is 3. The predicted molar refractivity (Wildman–Crippen MR) is 196 cm³/mol. The van der Waals surface area contributed by atoms with Crippen LogP contribution in [-0.2, 0) is 32.0 Å². The Balaban J connectivity index is 1.02. The molecule has 292 valence electrons. The molecule has 17 heteroatoms. The molecular weight excluding hydrogens is 686 g/mol. The molecule has 0 aliphatic carbocycles. The maximum Gasteiger partial charge on any atom is 0.407 e. The van der Waals surface area contributed by atoms with E-state index in [-0.39, 0.29) is 63.6 Å². The summed E-state index contributed by atoms with van der Waals surface area (Å²) in [5.74, 6) is -0.451. The van der Waals surface area contributed by atoms with Crippen molar-refractivity contribution in [3.05, 3.63) is 53.5 Å². The van der Waals surface area contributed by atoms with E-state index in [1.54, 1.807) is 4.90 Å². The second-order valence-corrected chi connectivity index (χ2v) is 14.1. The quantitative estimate of drug-likeness (QED) is 0.122. The molecule has 0 unspecified atom stereocenters. The van der Waals surface area contributed by atoms with Crippen molar-refractivity contribution in [3.63, 3.8) is 0 Å². The van der Waals surface area contributed by atoms with Gasteiger partial charge in [-0.3, -0.25) is 24.2 Å². The van der Waals surface area contributed by atoms with Crippen molar-refractivity contribution < 1.29 is 38.9 Å². The molecule has 4 rings (SSSR count). The Labute approximate surface area is 311 Å². The zero-order valence-electron chi connectivity index (χ0n) is 31.1. The van der Waals surface area contributed by atoms with Gasteiger partial charge in [0.1, 0.15) is 24.4 Å². The molecule has 1 saturated heterocycles. The highest BCUT2D eigenvalue weighted by Gasteiger charge is 2.26. The molecule has 0 spiro atoms. The molecule has 2 aromatic rings. The number of carboxylic acid groups (broad SMARTS) is 1. The lowest BCUT2D eigenvalue weighted by Gasteiger charge is -2.34. The zero-order valence-corrected chi connectivity index (χ0v) is 31.1. The van der Waals surface area contributed by atoms with E-state index >= 15 is 0 Å². The van der Waals surface area contributed by atoms with Crippen molar-refractivity contribution in [1.82, 2.24) is 40.2 Å². The SMILES string of the molecule is CC(C)(C)N(CCOCCOCC(=O)N1CCN(CCNC(=O)CNc2cc(C(=O)NC[C@H](O)CN3CCc4ccccc4C3)ncn2)CC1)C(=O)O. The van der Waals surface area contributed by atoms with Crippen LogP contribution in [0.25, 0.3) is 0 Å². The third kappa shape index (κ3) is 14.2. The fourth-order valence-corrected chi connectivity index (χ4v) is 6.10. The molecule has 1 atom stereocenters. The van der Waals surface area contributed by atoms with E-state index in [2.05, 4.69) is 47.9 Å². The number of aliphatic hydroxyl groups excluding tert-OH is 1. The molecule has 3 heterocycles. The number of β-amino-alcohol motifs (C(OH)–C–C–N with tert-alkyl or cyclic N) is 1. The molecule has 4 amide bonds. The smallest absolute Gasteiger partial charge is 0.407 e. The highest BCUT2D eigenvalue weighted by Crippen LogP contribution is 2.18. The molecule has 17 nitrogen and oxygen atoms in total. The number of hydrogen-bond donors (Lipinski definition) is 5. The minimum atomic E-state index is -0.997. The van der Waals surface area contributed by atoms with Gasteiger partial charge in [0.15, 0.2) is 0 Å². The molecule has 0 saturated carbocycles. The normalized spacial score (nSPS) is 15.7. The van der Waals surface area contributed by atoms with E-state index in [4.69, 9.17) is 9.47 Å². The van der Waals surface area contributed by atoms with Gasteiger partial charge in [0, 0.05) is 83.6 Å². The number of carbonyl (C=O) groups is 4. The molecule has 2 aliphatic rings. The number of fused-ring (bicyclic) bond motifs is 1. The van der Waals surface area contributed by atoms with Crippen molar-refractivity contribution in [2.24, 2.45) is 0 Å². The first-order chi connectivity index (χ1) is 25.4. The molecule has 0 radical (unpaired) electrons. The average Bonchev–Trinajstić information content (AvgIpc) is 3.13. The maximum absolute atomic E-state index is 12.7. The topological polar surface area (TPSA) is 202 Å². The van der Waals surface area contributed by atoms with Crippen LogP contribution in [0.4, 0.5) is 10.6 Å². The lowest BCUT2D eigenvalue weighted by atomic mass is 10.00. The van der Waals surface area contributed by atoms with E-state index in [0.29, 0.717) is 51.6 Å². The number of aromatic nitrogens is 2. The summed E-state index contributed by atoms with van der Waals surface area (Å²) in [5, 5.41) is 28.4. The van der Waals surface area contributed by atoms with Crippen LogP contribution in [0.2, 0.25) is 0 Å². The van der Waals surface area contributed by atoms with Crippen LogP contribution in [0, 0.1) is 0 Å². The van der Waals surface area contributed by atoms with E-state index in [1.165, 1.54) is 28.4 Å². The van der Waals surface area contributed by atoms with Gasteiger partial charge in [-0.25, -0.2) is 14.8 Å². The Kier molecular flexibility index (Phi) is 16.2. The van der Waals surface area contributed by atoms with Gasteiger partial charge in [0.2, 0.25) is 11.8 Å². The molecule has 0 bridgehead atoms. The number of hydrogen-bond acceptors (Lipinski definition) is 12. The van der Waals surface area contributed by atoms with Crippen molar-refractivity contribution in [2.45, 2.75) is 45.4 Å². The number of ether oxygens (including phenoxy) is 2. The molecular formula is C36H55N9O8. The van der Waals surface area contributed by atoms with Crippen LogP contribution >= 0.6 is 0 Å². The standard InChI is InChI=1S/C36H55N9O8/c1-36(2,3)45(35(50)51)16-17-52-18-19-53-25-33(48)44-14-12-42(13-15-44)11-9-37-32(47)22-38-31-20-30(40-26-41-31)34(49)39-21-29(46)24-43-10-8-27-6-4-5-7-28(27)23-43/h4-7,20,26,29,46H,8-19,21-25H2,1-3H3,(H,37,47)(H,39,49)(H,50,51)(H,38,40,41)/t29-/m0/s1. The van der Waals surface area contributed by atoms with Gasteiger partial charge in [0.25, 0.3) is 5.91 Å². The van der Waals surface area contributed by atoms with Crippen LogP contribution in [-0.4, -0.2) is 174 Å². The number of benzene rings is 1. The van der Waals surface area contributed by atoms with Crippen LogP contribution in [0.1, 0.15) is 42.4 Å². The van der Waals surface area contributed by atoms with Crippen molar-refractivity contribution in [1.29, 1.82) is 0 Å². The summed E-state index contributed by atoms with van der Waals surface area (Å²) >= 11 is 0. The van der Waals surface area contributed by atoms with Gasteiger partial charge in [-0.05, 0) is 38.3 Å². The van der Waals surface area contributed by atoms with Crippen molar-refractivity contribution >= 4 is 29.6 Å². The maximum atomic E-state index is 12.7. The monoisotopic (exact) mass is 741 g/mol. The van der Waals surface area contributed by atoms with Crippen LogP contribution in [0.5, 0.6) is 0 Å². The second-order valence-electron chi connectivity index (χ2n) is 14.1. The van der Waals surface area contributed by atoms with Gasteiger partial charge in [-0.1, -0.05) is 24.3 Å². The summed E-state index contributed by atoms with van der Waals surface area (Å²) in [7, 11) is 0. The fourth-order valence-electron chi connectivity index (χ4n) is 6.10. The summed E-state index contributed by atoms with van der Waals surface area (Å²) in [6.45, 7) is 12.0. The zero-order chi connectivity index (χ0) is 38.2. The third-order valence-electron chi connectivity index (χ3n) is 9.08. The van der Waals surface area contributed by atoms with E-state index in [0.717, 1.165) is 19.5 Å². The third-order valence-corrected chi connectivity index (χ3v) is 9.08. The molecule has 1 aromatic carbocycles. The molecule has 1 fully saturated rings. The highest BCUT2D eigenvalue weighted by molar-refractivity contribution is 5.93. The number of anilines is 1. The summed E-state index contributed by atoms with van der Waals surface area (Å²) in [6, 6.07) is 9.76. The van der Waals surface area contributed by atoms with E-state index in [1.807, 2.05) is 32.9 Å². The highest BCUT2D eigenvalue weighted by atomic mass is 16.5. The summed E-state index contributed by atoms with van der Waals surface area (Å²) in [5.41, 5.74) is 2.21. The predicted octanol–water partition coefficient (Wildman–Crippen LogP) is 0.110. The van der Waals surface area contributed by atoms with Gasteiger partial charge in [-0.15, -0.1) is 0 Å². The lowest BCUT2D eigenvalue weighted by Crippen LogP contribution is -2.51. The van der Waals surface area contributed by atoms with E-state index < -0.39 is 23.6 Å². The first kappa shape index (κ1) is 41.3. The Morgan fingerprint density at radius 2 is 1.68 bits per heavy atom. The summed E-state index contributed by atoms with van der Waals surface area (Å²) in [4.78, 5) is 64.6. The number of rotatable bonds is 19. The van der Waals surface area contributed by atoms with Crippen molar-refractivity contribution in [3.8, 4) is 0 Å². The summed E-state index contributed by atoms with van der Waals surface area (Å²) < 4.78 is 10.9. The summed E-state index contributed by atoms with van der Waals surface area (Å²) in [6.07, 6.45) is 0.446. The van der Waals surface area contributed by atoms with Crippen LogP contribution < -0.4 is 16.0 Å². The first-order valence-electron chi connectivity index (χ1n) is 18.1. The Morgan fingerprint density at radius 3 is 2.42 bits per heavy atom. The van der Waals surface area contributed by atoms with E-state index in [9.17, 15) is 29.4 Å². The number of carbonyl (C=O) groups excluding carboxylic acids is 3. The fraction of sp³-hybridized carbons (Fsp3) is 0.611. The number of piperazine rings is 1. The van der Waals surface area contributed by atoms with Crippen LogP contribution in [0.3, 0.4) is 0 Å². The Morgan fingerprint density at radius 1 is 0.943 bits per heavy atom. The van der Waals surface area contributed by atoms with Gasteiger partial charge in [0.05, 0.1) is 32.5 Å². The molecule has 2 aliphatic heterocycles. The van der Waals surface area contributed by atoms with Gasteiger partial charge >= 0.3 is 6.09 Å².